The van der Waals surface area contributed by atoms with Crippen molar-refractivity contribution in [3.63, 3.8) is 0 Å². The minimum absolute atomic E-state index is 0.0660. The van der Waals surface area contributed by atoms with Crippen LogP contribution in [0.15, 0.2) is 52.2 Å². The van der Waals surface area contributed by atoms with E-state index in [9.17, 15) is 18.0 Å². The lowest BCUT2D eigenvalue weighted by Gasteiger charge is -2.31. The number of carbonyl (C=O) groups is 1. The molecule has 1 amide bonds. The van der Waals surface area contributed by atoms with E-state index in [1.165, 1.54) is 34.7 Å². The van der Waals surface area contributed by atoms with Crippen LogP contribution in [-0.2, 0) is 11.0 Å². The van der Waals surface area contributed by atoms with Crippen molar-refractivity contribution in [2.45, 2.75) is 36.7 Å². The van der Waals surface area contributed by atoms with Gasteiger partial charge < -0.3 is 10.2 Å². The van der Waals surface area contributed by atoms with Gasteiger partial charge in [0, 0.05) is 24.0 Å². The molecule has 1 N–H and O–H groups in total. The van der Waals surface area contributed by atoms with E-state index >= 15 is 0 Å². The summed E-state index contributed by atoms with van der Waals surface area (Å²) in [5.41, 5.74) is 3.08. The molecule has 0 saturated carbocycles. The highest BCUT2D eigenvalue weighted by Gasteiger charge is 2.32. The molecule has 0 aliphatic carbocycles. The van der Waals surface area contributed by atoms with Crippen molar-refractivity contribution >= 4 is 40.4 Å². The first-order valence-corrected chi connectivity index (χ1v) is 12.6. The number of piperidine rings is 1. The lowest BCUT2D eigenvalue weighted by atomic mass is 10.1. The standard InChI is InChI=1S/C24H24F3N3OS2/c1-16-5-7-17(8-6-16)20-14-32-23(29-20)33-15-22(31)28-19-13-18(24(25,26)27)9-10-21(19)30-11-3-2-4-12-30/h5-10,13-14H,2-4,11-12,15H2,1H3,(H,28,31). The Bertz CT molecular complexity index is 1110. The van der Waals surface area contributed by atoms with E-state index in [4.69, 9.17) is 0 Å². The van der Waals surface area contributed by atoms with Gasteiger partial charge in [-0.1, -0.05) is 41.6 Å². The zero-order valence-electron chi connectivity index (χ0n) is 18.1. The molecule has 174 valence electrons. The molecule has 9 heteroatoms. The summed E-state index contributed by atoms with van der Waals surface area (Å²) in [6, 6.07) is 11.6. The fourth-order valence-electron chi connectivity index (χ4n) is 3.72. The van der Waals surface area contributed by atoms with Crippen LogP contribution >= 0.6 is 23.1 Å². The summed E-state index contributed by atoms with van der Waals surface area (Å²) in [6.07, 6.45) is -1.40. The fraction of sp³-hybridized carbons (Fsp3) is 0.333. The zero-order valence-corrected chi connectivity index (χ0v) is 19.7. The first-order chi connectivity index (χ1) is 15.8. The molecule has 3 aromatic rings. The highest BCUT2D eigenvalue weighted by molar-refractivity contribution is 8.01. The SMILES string of the molecule is Cc1ccc(-c2csc(SCC(=O)Nc3cc(C(F)(F)F)ccc3N3CCCCC3)n2)cc1. The molecular weight excluding hydrogens is 467 g/mol. The van der Waals surface area contributed by atoms with Gasteiger partial charge in [-0.05, 0) is 44.4 Å². The average molecular weight is 492 g/mol. The fourth-order valence-corrected chi connectivity index (χ4v) is 5.35. The van der Waals surface area contributed by atoms with E-state index in [0.717, 1.165) is 60.1 Å². The van der Waals surface area contributed by atoms with Crippen molar-refractivity contribution in [1.29, 1.82) is 0 Å². The molecule has 0 unspecified atom stereocenters. The molecule has 1 saturated heterocycles. The van der Waals surface area contributed by atoms with E-state index in [0.29, 0.717) is 5.69 Å². The molecule has 1 aromatic heterocycles. The van der Waals surface area contributed by atoms with Crippen LogP contribution in [0.5, 0.6) is 0 Å². The van der Waals surface area contributed by atoms with Gasteiger partial charge in [-0.3, -0.25) is 4.79 Å². The van der Waals surface area contributed by atoms with Crippen molar-refractivity contribution in [2.24, 2.45) is 0 Å². The van der Waals surface area contributed by atoms with E-state index in [2.05, 4.69) is 10.3 Å². The Balaban J connectivity index is 1.44. The molecule has 1 fully saturated rings. The molecule has 0 spiro atoms. The van der Waals surface area contributed by atoms with Crippen molar-refractivity contribution in [1.82, 2.24) is 4.98 Å². The zero-order chi connectivity index (χ0) is 23.4. The first-order valence-electron chi connectivity index (χ1n) is 10.7. The van der Waals surface area contributed by atoms with E-state index in [1.807, 2.05) is 41.5 Å². The molecular formula is C24H24F3N3OS2. The maximum atomic E-state index is 13.3. The number of amides is 1. The number of aromatic nitrogens is 1. The summed E-state index contributed by atoms with van der Waals surface area (Å²) in [7, 11) is 0. The van der Waals surface area contributed by atoms with Gasteiger partial charge in [0.05, 0.1) is 28.4 Å². The summed E-state index contributed by atoms with van der Waals surface area (Å²) < 4.78 is 40.6. The number of hydrogen-bond donors (Lipinski definition) is 1. The van der Waals surface area contributed by atoms with Gasteiger partial charge in [-0.25, -0.2) is 4.98 Å². The van der Waals surface area contributed by atoms with Crippen LogP contribution in [0.3, 0.4) is 0 Å². The third kappa shape index (κ3) is 6.09. The van der Waals surface area contributed by atoms with Gasteiger partial charge in [0.25, 0.3) is 0 Å². The Morgan fingerprint density at radius 2 is 1.85 bits per heavy atom. The highest BCUT2D eigenvalue weighted by Crippen LogP contribution is 2.36. The number of thiazole rings is 1. The number of hydrogen-bond acceptors (Lipinski definition) is 5. The number of carbonyl (C=O) groups excluding carboxylic acids is 1. The number of thioether (sulfide) groups is 1. The summed E-state index contributed by atoms with van der Waals surface area (Å²) in [5, 5.41) is 4.65. The summed E-state index contributed by atoms with van der Waals surface area (Å²) in [6.45, 7) is 3.56. The van der Waals surface area contributed by atoms with Crippen LogP contribution in [0.25, 0.3) is 11.3 Å². The first kappa shape index (κ1) is 23.6. The minimum atomic E-state index is -4.47. The van der Waals surface area contributed by atoms with Gasteiger partial charge in [-0.15, -0.1) is 11.3 Å². The molecule has 0 radical (unpaired) electrons. The smallest absolute Gasteiger partial charge is 0.370 e. The molecule has 4 rings (SSSR count). The van der Waals surface area contributed by atoms with Crippen molar-refractivity contribution in [2.75, 3.05) is 29.1 Å². The molecule has 0 atom stereocenters. The van der Waals surface area contributed by atoms with Crippen LogP contribution in [-0.4, -0.2) is 29.7 Å². The Kier molecular flexibility index (Phi) is 7.29. The van der Waals surface area contributed by atoms with E-state index in [-0.39, 0.29) is 17.3 Å². The molecule has 33 heavy (non-hydrogen) atoms. The third-order valence-electron chi connectivity index (χ3n) is 5.45. The predicted octanol–water partition coefficient (Wildman–Crippen LogP) is 6.86. The second-order valence-electron chi connectivity index (χ2n) is 7.98. The van der Waals surface area contributed by atoms with Crippen LogP contribution in [0, 0.1) is 6.92 Å². The molecule has 2 aromatic carbocycles. The topological polar surface area (TPSA) is 45.2 Å². The van der Waals surface area contributed by atoms with E-state index < -0.39 is 11.7 Å². The number of nitrogens with zero attached hydrogens (tertiary/aromatic N) is 2. The minimum Gasteiger partial charge on any atom is -0.370 e. The number of aryl methyl sites for hydroxylation is 1. The second kappa shape index (κ2) is 10.2. The van der Waals surface area contributed by atoms with Gasteiger partial charge in [-0.2, -0.15) is 13.2 Å². The Morgan fingerprint density at radius 1 is 1.12 bits per heavy atom. The average Bonchev–Trinajstić information content (AvgIpc) is 3.27. The summed E-state index contributed by atoms with van der Waals surface area (Å²) in [4.78, 5) is 19.3. The molecule has 4 nitrogen and oxygen atoms in total. The maximum Gasteiger partial charge on any atom is 0.416 e. The Morgan fingerprint density at radius 3 is 2.55 bits per heavy atom. The quantitative estimate of drug-likeness (QED) is 0.383. The summed E-state index contributed by atoms with van der Waals surface area (Å²) in [5.74, 6) is -0.291. The van der Waals surface area contributed by atoms with E-state index in [1.54, 1.807) is 0 Å². The Hall–Kier alpha value is -2.52. The van der Waals surface area contributed by atoms with Gasteiger partial charge in [0.1, 0.15) is 0 Å². The lowest BCUT2D eigenvalue weighted by molar-refractivity contribution is -0.137. The van der Waals surface area contributed by atoms with Crippen LogP contribution in [0.4, 0.5) is 24.5 Å². The highest BCUT2D eigenvalue weighted by atomic mass is 32.2. The second-order valence-corrected chi connectivity index (χ2v) is 10.1. The van der Waals surface area contributed by atoms with Crippen LogP contribution in [0.1, 0.15) is 30.4 Å². The summed E-state index contributed by atoms with van der Waals surface area (Å²) >= 11 is 2.72. The monoisotopic (exact) mass is 491 g/mol. The lowest BCUT2D eigenvalue weighted by Crippen LogP contribution is -2.30. The largest absolute Gasteiger partial charge is 0.416 e. The number of anilines is 2. The van der Waals surface area contributed by atoms with Gasteiger partial charge >= 0.3 is 6.18 Å². The van der Waals surface area contributed by atoms with Crippen molar-refractivity contribution in [3.05, 3.63) is 59.0 Å². The van der Waals surface area contributed by atoms with Crippen LogP contribution in [0.2, 0.25) is 0 Å². The normalized spacial score (nSPS) is 14.4. The number of alkyl halides is 3. The third-order valence-corrected chi connectivity index (χ3v) is 7.47. The number of rotatable bonds is 6. The number of benzene rings is 2. The molecule has 2 heterocycles. The van der Waals surface area contributed by atoms with Gasteiger partial charge in [0.15, 0.2) is 4.34 Å². The molecule has 1 aliphatic rings. The number of halogens is 3. The molecule has 0 bridgehead atoms. The van der Waals surface area contributed by atoms with Crippen LogP contribution < -0.4 is 10.2 Å². The number of nitrogens with one attached hydrogen (secondary N) is 1. The van der Waals surface area contributed by atoms with Crippen molar-refractivity contribution < 1.29 is 18.0 Å². The predicted molar refractivity (Wildman–Crippen MR) is 129 cm³/mol. The maximum absolute atomic E-state index is 13.3. The molecule has 1 aliphatic heterocycles. The Labute approximate surface area is 199 Å². The van der Waals surface area contributed by atoms with Crippen molar-refractivity contribution in [3.8, 4) is 11.3 Å². The van der Waals surface area contributed by atoms with Gasteiger partial charge in [0.2, 0.25) is 5.91 Å².